The molecule has 0 fully saturated rings. The Kier molecular flexibility index (Phi) is 7.98. The van der Waals surface area contributed by atoms with E-state index in [-0.39, 0.29) is 21.7 Å². The van der Waals surface area contributed by atoms with Crippen molar-refractivity contribution in [2.24, 2.45) is 0 Å². The fourth-order valence-corrected chi connectivity index (χ4v) is 5.71. The van der Waals surface area contributed by atoms with Gasteiger partial charge in [0.05, 0.1) is 0 Å². The monoisotopic (exact) mass is 445 g/mol. The van der Waals surface area contributed by atoms with Crippen LogP contribution in [0.3, 0.4) is 0 Å². The summed E-state index contributed by atoms with van der Waals surface area (Å²) in [6.45, 7) is 2.35. The van der Waals surface area contributed by atoms with Gasteiger partial charge in [0.1, 0.15) is 0 Å². The number of aromatic amines is 1. The number of sulfonamides is 1. The zero-order valence-corrected chi connectivity index (χ0v) is 18.6. The summed E-state index contributed by atoms with van der Waals surface area (Å²) in [5.41, 5.74) is 2.91. The van der Waals surface area contributed by atoms with Crippen molar-refractivity contribution in [2.75, 3.05) is 13.1 Å². The number of aromatic nitrogens is 1. The minimum Gasteiger partial charge on any atom is -0.315 e. The lowest BCUT2D eigenvalue weighted by atomic mass is 9.99. The number of hydrogen-bond donors (Lipinski definition) is 3. The molecular formula is C22H27N3O3S2. The molecule has 1 heterocycles. The number of thiazole rings is 1. The Labute approximate surface area is 181 Å². The first-order valence-corrected chi connectivity index (χ1v) is 12.2. The van der Waals surface area contributed by atoms with E-state index in [1.165, 1.54) is 11.1 Å². The maximum atomic E-state index is 12.4. The highest BCUT2D eigenvalue weighted by Crippen LogP contribution is 2.15. The van der Waals surface area contributed by atoms with Gasteiger partial charge in [-0.05, 0) is 37.3 Å². The van der Waals surface area contributed by atoms with E-state index in [4.69, 9.17) is 0 Å². The zero-order valence-electron chi connectivity index (χ0n) is 16.9. The third-order valence-corrected chi connectivity index (χ3v) is 7.89. The Morgan fingerprint density at radius 1 is 0.967 bits per heavy atom. The van der Waals surface area contributed by atoms with E-state index in [0.717, 1.165) is 19.3 Å². The summed E-state index contributed by atoms with van der Waals surface area (Å²) in [4.78, 5) is 13.5. The van der Waals surface area contributed by atoms with E-state index in [0.29, 0.717) is 23.6 Å². The summed E-state index contributed by atoms with van der Waals surface area (Å²) in [6.07, 6.45) is 2.77. The molecule has 1 atom stereocenters. The van der Waals surface area contributed by atoms with Gasteiger partial charge in [0.25, 0.3) is 10.0 Å². The predicted octanol–water partition coefficient (Wildman–Crippen LogP) is 2.86. The van der Waals surface area contributed by atoms with Gasteiger partial charge in [-0.25, -0.2) is 13.1 Å². The molecule has 0 aliphatic carbocycles. The van der Waals surface area contributed by atoms with Crippen LogP contribution in [0.2, 0.25) is 0 Å². The van der Waals surface area contributed by atoms with E-state index in [9.17, 15) is 13.2 Å². The zero-order chi connectivity index (χ0) is 21.4. The molecule has 3 aromatic rings. The highest BCUT2D eigenvalue weighted by atomic mass is 32.2. The number of aryl methyl sites for hydroxylation is 2. The lowest BCUT2D eigenvalue weighted by Crippen LogP contribution is -2.38. The molecule has 6 nitrogen and oxygen atoms in total. The van der Waals surface area contributed by atoms with Gasteiger partial charge in [0, 0.05) is 24.8 Å². The molecule has 8 heteroatoms. The van der Waals surface area contributed by atoms with E-state index < -0.39 is 10.0 Å². The van der Waals surface area contributed by atoms with Crippen molar-refractivity contribution in [3.05, 3.63) is 87.2 Å². The third-order valence-electron chi connectivity index (χ3n) is 4.82. The summed E-state index contributed by atoms with van der Waals surface area (Å²) in [5, 5.41) is 3.49. The van der Waals surface area contributed by atoms with Gasteiger partial charge in [-0.1, -0.05) is 72.0 Å². The number of H-pyrrole nitrogens is 1. The van der Waals surface area contributed by atoms with Crippen LogP contribution in [0, 0.1) is 6.92 Å². The summed E-state index contributed by atoms with van der Waals surface area (Å²) < 4.78 is 27.5. The molecule has 30 heavy (non-hydrogen) atoms. The lowest BCUT2D eigenvalue weighted by molar-refractivity contribution is 0.478. The molecule has 0 aliphatic heterocycles. The molecule has 0 spiro atoms. The smallest absolute Gasteiger partial charge is 0.305 e. The molecule has 0 unspecified atom stereocenters. The largest absolute Gasteiger partial charge is 0.315 e. The third kappa shape index (κ3) is 6.63. The fraction of sp³-hybridized carbons (Fsp3) is 0.318. The maximum absolute atomic E-state index is 12.4. The van der Waals surface area contributed by atoms with Crippen LogP contribution in [-0.4, -0.2) is 32.5 Å². The number of nitrogens with one attached hydrogen (secondary N) is 3. The summed E-state index contributed by atoms with van der Waals surface area (Å²) in [5.74, 6) is 0. The van der Waals surface area contributed by atoms with Gasteiger partial charge in [-0.15, -0.1) is 0 Å². The van der Waals surface area contributed by atoms with Crippen LogP contribution < -0.4 is 14.9 Å². The lowest BCUT2D eigenvalue weighted by Gasteiger charge is -2.19. The van der Waals surface area contributed by atoms with Crippen molar-refractivity contribution >= 4 is 21.4 Å². The molecule has 2 aromatic carbocycles. The molecular weight excluding hydrogens is 418 g/mol. The molecule has 0 aliphatic rings. The van der Waals surface area contributed by atoms with Crippen LogP contribution >= 0.6 is 11.3 Å². The van der Waals surface area contributed by atoms with E-state index >= 15 is 0 Å². The topological polar surface area (TPSA) is 91.1 Å². The molecule has 0 saturated heterocycles. The number of hydrogen-bond acceptors (Lipinski definition) is 5. The minimum atomic E-state index is -3.68. The van der Waals surface area contributed by atoms with E-state index in [2.05, 4.69) is 39.3 Å². The first-order chi connectivity index (χ1) is 14.4. The normalized spacial score (nSPS) is 12.7. The van der Waals surface area contributed by atoms with Crippen molar-refractivity contribution in [3.63, 3.8) is 0 Å². The van der Waals surface area contributed by atoms with Crippen molar-refractivity contribution < 1.29 is 8.42 Å². The summed E-state index contributed by atoms with van der Waals surface area (Å²) in [6, 6.07) is 20.8. The Balaban J connectivity index is 1.55. The van der Waals surface area contributed by atoms with Crippen LogP contribution in [0.25, 0.3) is 0 Å². The van der Waals surface area contributed by atoms with Gasteiger partial charge in [0.15, 0.2) is 4.21 Å². The average molecular weight is 446 g/mol. The highest BCUT2D eigenvalue weighted by molar-refractivity contribution is 7.91. The van der Waals surface area contributed by atoms with Gasteiger partial charge < -0.3 is 10.3 Å². The summed E-state index contributed by atoms with van der Waals surface area (Å²) in [7, 11) is -3.68. The molecule has 3 N–H and O–H groups in total. The van der Waals surface area contributed by atoms with Crippen LogP contribution in [0.15, 0.2) is 69.7 Å². The highest BCUT2D eigenvalue weighted by Gasteiger charge is 2.20. The predicted molar refractivity (Wildman–Crippen MR) is 122 cm³/mol. The minimum absolute atomic E-state index is 0.0532. The van der Waals surface area contributed by atoms with Gasteiger partial charge in [-0.3, -0.25) is 4.79 Å². The Morgan fingerprint density at radius 3 is 2.20 bits per heavy atom. The van der Waals surface area contributed by atoms with Crippen LogP contribution in [0.4, 0.5) is 0 Å². The first-order valence-electron chi connectivity index (χ1n) is 9.94. The second kappa shape index (κ2) is 10.7. The van der Waals surface area contributed by atoms with E-state index in [1.807, 2.05) is 36.4 Å². The fourth-order valence-electron chi connectivity index (χ4n) is 3.33. The first kappa shape index (κ1) is 22.4. The standard InChI is InChI=1S/C22H27N3O3S2/c1-17-21(29-22(26)25-17)30(27,28)24-15-14-23-20(16-19-10-6-3-7-11-19)13-12-18-8-4-2-5-9-18/h2-11,20,23-24H,12-16H2,1H3,(H,25,26)/t20-/m0/s1. The maximum Gasteiger partial charge on any atom is 0.305 e. The second-order valence-electron chi connectivity index (χ2n) is 7.19. The van der Waals surface area contributed by atoms with Crippen molar-refractivity contribution in [1.29, 1.82) is 0 Å². The van der Waals surface area contributed by atoms with Gasteiger partial charge in [-0.2, -0.15) is 0 Å². The molecule has 1 aromatic heterocycles. The molecule has 0 amide bonds. The molecule has 0 bridgehead atoms. The van der Waals surface area contributed by atoms with Crippen LogP contribution in [-0.2, 0) is 22.9 Å². The summed E-state index contributed by atoms with van der Waals surface area (Å²) >= 11 is 0.711. The quantitative estimate of drug-likeness (QED) is 0.396. The van der Waals surface area contributed by atoms with Crippen LogP contribution in [0.1, 0.15) is 23.2 Å². The molecule has 3 rings (SSSR count). The van der Waals surface area contributed by atoms with Crippen LogP contribution in [0.5, 0.6) is 0 Å². The molecule has 0 saturated carbocycles. The molecule has 160 valence electrons. The van der Waals surface area contributed by atoms with Crippen molar-refractivity contribution in [1.82, 2.24) is 15.0 Å². The SMILES string of the molecule is Cc1[nH]c(=O)sc1S(=O)(=O)NCCN[C@@H](CCc1ccccc1)Cc1ccccc1. The Morgan fingerprint density at radius 2 is 1.60 bits per heavy atom. The van der Waals surface area contributed by atoms with Gasteiger partial charge in [0.2, 0.25) is 0 Å². The van der Waals surface area contributed by atoms with Gasteiger partial charge >= 0.3 is 4.87 Å². The van der Waals surface area contributed by atoms with Crippen molar-refractivity contribution in [2.45, 2.75) is 36.4 Å². The van der Waals surface area contributed by atoms with E-state index in [1.54, 1.807) is 6.92 Å². The Hall–Kier alpha value is -2.26. The number of benzene rings is 2. The number of rotatable bonds is 11. The Bertz CT molecular complexity index is 1080. The second-order valence-corrected chi connectivity index (χ2v) is 10.1. The molecule has 0 radical (unpaired) electrons. The van der Waals surface area contributed by atoms with Crippen molar-refractivity contribution in [3.8, 4) is 0 Å². The average Bonchev–Trinajstić information content (AvgIpc) is 3.09.